The summed E-state index contributed by atoms with van der Waals surface area (Å²) in [5, 5.41) is 15.4. The van der Waals surface area contributed by atoms with E-state index in [-0.39, 0.29) is 24.4 Å². The van der Waals surface area contributed by atoms with Gasteiger partial charge in [-0.1, -0.05) is 12.8 Å². The van der Waals surface area contributed by atoms with Gasteiger partial charge in [0.2, 0.25) is 17.6 Å². The maximum atomic E-state index is 13.7. The highest BCUT2D eigenvalue weighted by Gasteiger charge is 2.38. The van der Waals surface area contributed by atoms with E-state index in [1.807, 2.05) is 33.8 Å². The molecule has 1 saturated carbocycles. The molecule has 10 nitrogen and oxygen atoms in total. The minimum absolute atomic E-state index is 0.0490. The summed E-state index contributed by atoms with van der Waals surface area (Å²) in [6.45, 7) is 7.47. The first-order valence-corrected chi connectivity index (χ1v) is 11.6. The van der Waals surface area contributed by atoms with Gasteiger partial charge in [0.1, 0.15) is 18.3 Å². The van der Waals surface area contributed by atoms with E-state index in [1.54, 1.807) is 35.5 Å². The molecular weight excluding hydrogens is 434 g/mol. The monoisotopic (exact) mass is 465 g/mol. The van der Waals surface area contributed by atoms with E-state index >= 15 is 0 Å². The minimum atomic E-state index is -0.784. The van der Waals surface area contributed by atoms with Gasteiger partial charge >= 0.3 is 0 Å². The van der Waals surface area contributed by atoms with Crippen molar-refractivity contribution in [1.29, 1.82) is 0 Å². The Kier molecular flexibility index (Phi) is 6.76. The van der Waals surface area contributed by atoms with E-state index in [2.05, 4.69) is 25.7 Å². The molecule has 0 bridgehead atoms. The number of nitrogens with zero attached hydrogens (tertiary/aromatic N) is 6. The molecule has 1 N–H and O–H groups in total. The van der Waals surface area contributed by atoms with Gasteiger partial charge < -0.3 is 14.6 Å². The number of tetrazole rings is 1. The number of carbonyl (C=O) groups is 2. The van der Waals surface area contributed by atoms with E-state index < -0.39 is 11.6 Å². The van der Waals surface area contributed by atoms with Crippen LogP contribution in [0.5, 0.6) is 0 Å². The number of hydrogen-bond donors (Lipinski definition) is 1. The highest BCUT2D eigenvalue weighted by Crippen LogP contribution is 2.32. The third-order valence-corrected chi connectivity index (χ3v) is 5.74. The number of pyridine rings is 1. The summed E-state index contributed by atoms with van der Waals surface area (Å²) >= 11 is 0. The average molecular weight is 466 g/mol. The van der Waals surface area contributed by atoms with Gasteiger partial charge in [-0.15, -0.1) is 10.2 Å². The van der Waals surface area contributed by atoms with E-state index in [0.717, 1.165) is 37.0 Å². The van der Waals surface area contributed by atoms with Crippen LogP contribution in [-0.2, 0) is 16.1 Å². The fourth-order valence-corrected chi connectivity index (χ4v) is 4.33. The molecule has 1 aliphatic carbocycles. The van der Waals surface area contributed by atoms with Crippen LogP contribution in [0.4, 0.5) is 0 Å². The van der Waals surface area contributed by atoms with Crippen molar-refractivity contribution >= 4 is 11.8 Å². The molecule has 1 aliphatic rings. The van der Waals surface area contributed by atoms with Crippen molar-refractivity contribution < 1.29 is 14.0 Å². The highest BCUT2D eigenvalue weighted by molar-refractivity contribution is 5.89. The van der Waals surface area contributed by atoms with E-state index in [1.165, 1.54) is 4.80 Å². The van der Waals surface area contributed by atoms with Crippen molar-refractivity contribution in [3.05, 3.63) is 48.0 Å². The molecule has 10 heteroatoms. The van der Waals surface area contributed by atoms with Gasteiger partial charge in [0.25, 0.3) is 0 Å². The van der Waals surface area contributed by atoms with E-state index in [9.17, 15) is 9.59 Å². The Morgan fingerprint density at radius 3 is 2.50 bits per heavy atom. The van der Waals surface area contributed by atoms with Crippen LogP contribution in [0.2, 0.25) is 0 Å². The third kappa shape index (κ3) is 5.49. The van der Waals surface area contributed by atoms with Crippen molar-refractivity contribution in [2.75, 3.05) is 0 Å². The Morgan fingerprint density at radius 2 is 1.88 bits per heavy atom. The first kappa shape index (κ1) is 23.6. The van der Waals surface area contributed by atoms with Gasteiger partial charge in [-0.2, -0.15) is 4.80 Å². The minimum Gasteiger partial charge on any atom is -0.458 e. The van der Waals surface area contributed by atoms with Crippen LogP contribution in [0, 0.1) is 6.92 Å². The molecule has 1 atom stereocenters. The maximum absolute atomic E-state index is 13.7. The Labute approximate surface area is 198 Å². The lowest BCUT2D eigenvalue weighted by Crippen LogP contribution is -2.52. The number of amides is 2. The third-order valence-electron chi connectivity index (χ3n) is 5.74. The molecule has 3 aromatic rings. The molecule has 2 amide bonds. The first-order chi connectivity index (χ1) is 16.2. The second-order valence-electron chi connectivity index (χ2n) is 9.72. The number of hydrogen-bond acceptors (Lipinski definition) is 7. The topological polar surface area (TPSA) is 119 Å². The van der Waals surface area contributed by atoms with Gasteiger partial charge in [0.15, 0.2) is 5.76 Å². The molecule has 34 heavy (non-hydrogen) atoms. The second kappa shape index (κ2) is 9.74. The average Bonchev–Trinajstić information content (AvgIpc) is 3.53. The lowest BCUT2D eigenvalue weighted by molar-refractivity contribution is -0.145. The SMILES string of the molecule is Cc1ccc(-c2nnn(CC(=O)N(C3CCCC3)C(C(=O)NC(C)(C)C)c3ccncc3)n2)o1. The van der Waals surface area contributed by atoms with Crippen molar-refractivity contribution in [2.45, 2.75) is 77.5 Å². The molecule has 0 saturated heterocycles. The summed E-state index contributed by atoms with van der Waals surface area (Å²) in [5.41, 5.74) is 0.270. The van der Waals surface area contributed by atoms with Crippen molar-refractivity contribution in [3.63, 3.8) is 0 Å². The molecule has 1 fully saturated rings. The molecule has 4 rings (SSSR count). The van der Waals surface area contributed by atoms with Crippen LogP contribution in [0.25, 0.3) is 11.6 Å². The highest BCUT2D eigenvalue weighted by atomic mass is 16.3. The van der Waals surface area contributed by atoms with Crippen molar-refractivity contribution in [3.8, 4) is 11.6 Å². The molecule has 0 radical (unpaired) electrons. The summed E-state index contributed by atoms with van der Waals surface area (Å²) < 4.78 is 5.56. The first-order valence-electron chi connectivity index (χ1n) is 11.6. The molecule has 0 aromatic carbocycles. The second-order valence-corrected chi connectivity index (χ2v) is 9.72. The van der Waals surface area contributed by atoms with Crippen LogP contribution in [-0.4, -0.2) is 53.5 Å². The standard InChI is InChI=1S/C24H31N7O3/c1-16-9-10-19(34-16)22-27-29-30(28-22)15-20(32)31(18-7-5-6-8-18)21(17-11-13-25-14-12-17)23(33)26-24(2,3)4/h9-14,18,21H,5-8,15H2,1-4H3,(H,26,33). The summed E-state index contributed by atoms with van der Waals surface area (Å²) in [5.74, 6) is 1.07. The van der Waals surface area contributed by atoms with Gasteiger partial charge in [-0.25, -0.2) is 0 Å². The zero-order valence-corrected chi connectivity index (χ0v) is 20.1. The molecular formula is C24H31N7O3. The van der Waals surface area contributed by atoms with Crippen molar-refractivity contribution in [2.24, 2.45) is 0 Å². The van der Waals surface area contributed by atoms with Crippen LogP contribution in [0.1, 0.15) is 63.8 Å². The van der Waals surface area contributed by atoms with Crippen LogP contribution < -0.4 is 5.32 Å². The number of aromatic nitrogens is 5. The van der Waals surface area contributed by atoms with Gasteiger partial charge in [-0.3, -0.25) is 14.6 Å². The zero-order chi connectivity index (χ0) is 24.3. The molecule has 0 spiro atoms. The Bertz CT molecular complexity index is 1130. The Balaban J connectivity index is 1.64. The molecule has 180 valence electrons. The number of rotatable bonds is 7. The number of carbonyl (C=O) groups excluding carboxylic acids is 2. The van der Waals surface area contributed by atoms with Crippen LogP contribution >= 0.6 is 0 Å². The van der Waals surface area contributed by atoms with Gasteiger partial charge in [-0.05, 0) is 75.6 Å². The van der Waals surface area contributed by atoms with Crippen molar-refractivity contribution in [1.82, 2.24) is 35.4 Å². The van der Waals surface area contributed by atoms with Crippen LogP contribution in [0.3, 0.4) is 0 Å². The summed E-state index contributed by atoms with van der Waals surface area (Å²) in [7, 11) is 0. The predicted octanol–water partition coefficient (Wildman–Crippen LogP) is 3.06. The zero-order valence-electron chi connectivity index (χ0n) is 20.1. The summed E-state index contributed by atoms with van der Waals surface area (Å²) in [6, 6.07) is 6.32. The Hall–Kier alpha value is -3.56. The van der Waals surface area contributed by atoms with Gasteiger partial charge in [0.05, 0.1) is 0 Å². The lowest BCUT2D eigenvalue weighted by atomic mass is 10.00. The Morgan fingerprint density at radius 1 is 1.18 bits per heavy atom. The van der Waals surface area contributed by atoms with E-state index in [0.29, 0.717) is 11.6 Å². The summed E-state index contributed by atoms with van der Waals surface area (Å²) in [6.07, 6.45) is 7.00. The lowest BCUT2D eigenvalue weighted by Gasteiger charge is -2.37. The smallest absolute Gasteiger partial charge is 0.247 e. The fourth-order valence-electron chi connectivity index (χ4n) is 4.33. The van der Waals surface area contributed by atoms with Gasteiger partial charge in [0, 0.05) is 24.0 Å². The van der Waals surface area contributed by atoms with Crippen LogP contribution in [0.15, 0.2) is 41.1 Å². The maximum Gasteiger partial charge on any atom is 0.247 e. The normalized spacial score (nSPS) is 15.3. The number of aryl methyl sites for hydroxylation is 1. The number of nitrogens with one attached hydrogen (secondary N) is 1. The largest absolute Gasteiger partial charge is 0.458 e. The fraction of sp³-hybridized carbons (Fsp3) is 0.500. The number of furan rings is 1. The predicted molar refractivity (Wildman–Crippen MR) is 124 cm³/mol. The molecule has 3 aromatic heterocycles. The molecule has 3 heterocycles. The molecule has 1 unspecified atom stereocenters. The van der Waals surface area contributed by atoms with E-state index in [4.69, 9.17) is 4.42 Å². The summed E-state index contributed by atoms with van der Waals surface area (Å²) in [4.78, 5) is 34.3. The quantitative estimate of drug-likeness (QED) is 0.569. The molecule has 0 aliphatic heterocycles.